The molecule has 0 aromatic heterocycles. The van der Waals surface area contributed by atoms with Crippen molar-refractivity contribution in [2.45, 2.75) is 82.9 Å². The van der Waals surface area contributed by atoms with Crippen molar-refractivity contribution in [3.05, 3.63) is 0 Å². The van der Waals surface area contributed by atoms with Gasteiger partial charge in [0, 0.05) is 17.3 Å². The fourth-order valence-electron chi connectivity index (χ4n) is 5.47. The Labute approximate surface area is 130 Å². The Hall–Kier alpha value is 0.310. The highest BCUT2D eigenvalue weighted by Gasteiger charge is 2.61. The summed E-state index contributed by atoms with van der Waals surface area (Å²) < 4.78 is 0.542. The zero-order valence-corrected chi connectivity index (χ0v) is 14.7. The third-order valence-electron chi connectivity index (χ3n) is 7.66. The summed E-state index contributed by atoms with van der Waals surface area (Å²) in [5.41, 5.74) is 1.08. The maximum atomic E-state index is 4.05. The molecule has 0 heterocycles. The van der Waals surface area contributed by atoms with Crippen LogP contribution >= 0.6 is 11.8 Å². The van der Waals surface area contributed by atoms with Gasteiger partial charge in [0.1, 0.15) is 0 Å². The Morgan fingerprint density at radius 2 is 1.75 bits per heavy atom. The van der Waals surface area contributed by atoms with Crippen molar-refractivity contribution < 1.29 is 0 Å². The topological polar surface area (TPSA) is 12.0 Å². The van der Waals surface area contributed by atoms with E-state index in [-0.39, 0.29) is 0 Å². The van der Waals surface area contributed by atoms with Gasteiger partial charge in [-0.1, -0.05) is 40.0 Å². The quantitative estimate of drug-likeness (QED) is 0.795. The molecule has 0 aromatic rings. The van der Waals surface area contributed by atoms with E-state index in [1.165, 1.54) is 57.9 Å². The van der Waals surface area contributed by atoms with Gasteiger partial charge < -0.3 is 5.32 Å². The van der Waals surface area contributed by atoms with Crippen LogP contribution in [0.1, 0.15) is 72.1 Å². The van der Waals surface area contributed by atoms with Gasteiger partial charge in [-0.15, -0.1) is 0 Å². The van der Waals surface area contributed by atoms with Crippen LogP contribution in [-0.4, -0.2) is 23.6 Å². The van der Waals surface area contributed by atoms with Crippen LogP contribution in [0.15, 0.2) is 0 Å². The number of nitrogens with one attached hydrogen (secondary N) is 1. The van der Waals surface area contributed by atoms with Crippen LogP contribution in [0, 0.1) is 16.7 Å². The van der Waals surface area contributed by atoms with Gasteiger partial charge >= 0.3 is 0 Å². The van der Waals surface area contributed by atoms with Gasteiger partial charge in [0.25, 0.3) is 0 Å². The number of thioether (sulfide) groups is 1. The Balaban J connectivity index is 1.65. The van der Waals surface area contributed by atoms with E-state index >= 15 is 0 Å². The van der Waals surface area contributed by atoms with E-state index in [1.54, 1.807) is 0 Å². The van der Waals surface area contributed by atoms with E-state index in [9.17, 15) is 0 Å². The molecule has 3 aliphatic rings. The predicted molar refractivity (Wildman–Crippen MR) is 90.4 cm³/mol. The van der Waals surface area contributed by atoms with Crippen molar-refractivity contribution in [1.29, 1.82) is 0 Å². The molecule has 1 nitrogen and oxygen atoms in total. The Bertz CT molecular complexity index is 358. The average molecular weight is 296 g/mol. The summed E-state index contributed by atoms with van der Waals surface area (Å²) in [5, 5.41) is 4.05. The minimum absolute atomic E-state index is 0.534. The number of fused-ring (bicyclic) bond motifs is 2. The SMILES string of the molecule is CSC1(CNC2CC3CCC2(C)C3(C)C)CCCCC1. The van der Waals surface area contributed by atoms with E-state index in [0.717, 1.165) is 12.0 Å². The molecule has 3 fully saturated rings. The van der Waals surface area contributed by atoms with Gasteiger partial charge in [0.05, 0.1) is 0 Å². The lowest BCUT2D eigenvalue weighted by atomic mass is 9.69. The van der Waals surface area contributed by atoms with Crippen LogP contribution in [0.5, 0.6) is 0 Å². The Morgan fingerprint density at radius 3 is 2.25 bits per heavy atom. The molecule has 2 heteroatoms. The number of rotatable bonds is 4. The summed E-state index contributed by atoms with van der Waals surface area (Å²) in [5.74, 6) is 0.960. The second kappa shape index (κ2) is 5.19. The van der Waals surface area contributed by atoms with Crippen molar-refractivity contribution in [2.24, 2.45) is 16.7 Å². The molecule has 0 aliphatic heterocycles. The summed E-state index contributed by atoms with van der Waals surface area (Å²) in [7, 11) is 0. The van der Waals surface area contributed by atoms with Crippen molar-refractivity contribution in [1.82, 2.24) is 5.32 Å². The highest BCUT2D eigenvalue weighted by Crippen LogP contribution is 2.65. The lowest BCUT2D eigenvalue weighted by Gasteiger charge is -2.42. The van der Waals surface area contributed by atoms with Crippen LogP contribution in [-0.2, 0) is 0 Å². The molecule has 20 heavy (non-hydrogen) atoms. The van der Waals surface area contributed by atoms with Gasteiger partial charge in [0.15, 0.2) is 0 Å². The summed E-state index contributed by atoms with van der Waals surface area (Å²) in [6, 6.07) is 0.766. The zero-order valence-electron chi connectivity index (χ0n) is 13.9. The molecule has 3 saturated carbocycles. The van der Waals surface area contributed by atoms with Crippen LogP contribution in [0.3, 0.4) is 0 Å². The van der Waals surface area contributed by atoms with Gasteiger partial charge in [-0.2, -0.15) is 11.8 Å². The number of hydrogen-bond acceptors (Lipinski definition) is 2. The fraction of sp³-hybridized carbons (Fsp3) is 1.00. The lowest BCUT2D eigenvalue weighted by Crippen LogP contribution is -2.49. The van der Waals surface area contributed by atoms with Gasteiger partial charge in [-0.05, 0) is 55.1 Å². The molecule has 2 bridgehead atoms. The highest BCUT2D eigenvalue weighted by atomic mass is 32.2. The van der Waals surface area contributed by atoms with E-state index in [1.807, 2.05) is 0 Å². The molecule has 3 aliphatic carbocycles. The first kappa shape index (κ1) is 15.2. The monoisotopic (exact) mass is 295 g/mol. The second-order valence-electron chi connectivity index (χ2n) is 8.49. The third kappa shape index (κ3) is 2.17. The van der Waals surface area contributed by atoms with Gasteiger partial charge in [-0.25, -0.2) is 0 Å². The van der Waals surface area contributed by atoms with E-state index < -0.39 is 0 Å². The van der Waals surface area contributed by atoms with Crippen LogP contribution in [0.4, 0.5) is 0 Å². The summed E-state index contributed by atoms with van der Waals surface area (Å²) >= 11 is 2.13. The molecule has 0 spiro atoms. The first-order valence-corrected chi connectivity index (χ1v) is 9.95. The van der Waals surface area contributed by atoms with E-state index in [2.05, 4.69) is 44.1 Å². The molecular formula is C18H33NS. The smallest absolute Gasteiger partial charge is 0.0281 e. The van der Waals surface area contributed by atoms with Crippen molar-refractivity contribution in [3.63, 3.8) is 0 Å². The molecule has 116 valence electrons. The summed E-state index contributed by atoms with van der Waals surface area (Å²) in [4.78, 5) is 0. The standard InChI is InChI=1S/C18H33NS/c1-16(2)14-8-11-17(16,3)15(12-14)19-13-18(20-4)9-6-5-7-10-18/h14-15,19H,5-13H2,1-4H3. The van der Waals surface area contributed by atoms with Crippen LogP contribution < -0.4 is 5.32 Å². The molecule has 0 aromatic carbocycles. The third-order valence-corrected chi connectivity index (χ3v) is 9.08. The van der Waals surface area contributed by atoms with Crippen molar-refractivity contribution in [3.8, 4) is 0 Å². The zero-order chi connectivity index (χ0) is 14.4. The second-order valence-corrected chi connectivity index (χ2v) is 9.77. The van der Waals surface area contributed by atoms with Crippen molar-refractivity contribution >= 4 is 11.8 Å². The average Bonchev–Trinajstić information content (AvgIpc) is 2.79. The minimum Gasteiger partial charge on any atom is -0.312 e. The molecule has 0 amide bonds. The molecular weight excluding hydrogens is 262 g/mol. The number of hydrogen-bond donors (Lipinski definition) is 1. The summed E-state index contributed by atoms with van der Waals surface area (Å²) in [6.45, 7) is 8.86. The molecule has 0 saturated heterocycles. The molecule has 3 unspecified atom stereocenters. The van der Waals surface area contributed by atoms with Gasteiger partial charge in [0.2, 0.25) is 0 Å². The molecule has 3 atom stereocenters. The first-order chi connectivity index (χ1) is 9.44. The van der Waals surface area contributed by atoms with Crippen molar-refractivity contribution in [2.75, 3.05) is 12.8 Å². The maximum Gasteiger partial charge on any atom is 0.0281 e. The predicted octanol–water partition coefficient (Wildman–Crippen LogP) is 4.86. The van der Waals surface area contributed by atoms with Gasteiger partial charge in [-0.3, -0.25) is 0 Å². The van der Waals surface area contributed by atoms with E-state index in [4.69, 9.17) is 0 Å². The Kier molecular flexibility index (Phi) is 3.95. The van der Waals surface area contributed by atoms with Crippen LogP contribution in [0.25, 0.3) is 0 Å². The molecule has 1 N–H and O–H groups in total. The van der Waals surface area contributed by atoms with E-state index in [0.29, 0.717) is 15.6 Å². The Morgan fingerprint density at radius 1 is 1.05 bits per heavy atom. The maximum absolute atomic E-state index is 4.05. The lowest BCUT2D eigenvalue weighted by molar-refractivity contribution is 0.119. The fourth-order valence-corrected chi connectivity index (χ4v) is 6.40. The first-order valence-electron chi connectivity index (χ1n) is 8.72. The summed E-state index contributed by atoms with van der Waals surface area (Å²) in [6.07, 6.45) is 13.9. The van der Waals surface area contributed by atoms with Crippen LogP contribution in [0.2, 0.25) is 0 Å². The highest BCUT2D eigenvalue weighted by molar-refractivity contribution is 8.00. The molecule has 3 rings (SSSR count). The largest absolute Gasteiger partial charge is 0.312 e. The normalized spacial score (nSPS) is 42.0. The molecule has 0 radical (unpaired) electrons. The minimum atomic E-state index is 0.534.